The fraction of sp³-hybridized carbons (Fsp3) is 0.875. The zero-order chi connectivity index (χ0) is 14.9. The zero-order valence-electron chi connectivity index (χ0n) is 12.9. The van der Waals surface area contributed by atoms with E-state index in [4.69, 9.17) is 4.74 Å². The van der Waals surface area contributed by atoms with Gasteiger partial charge in [0.05, 0.1) is 6.10 Å². The molecule has 0 radical (unpaired) electrons. The van der Waals surface area contributed by atoms with Crippen molar-refractivity contribution < 1.29 is 14.3 Å². The number of carbonyl (C=O) groups is 2. The van der Waals surface area contributed by atoms with Crippen LogP contribution >= 0.6 is 0 Å². The third-order valence-electron chi connectivity index (χ3n) is 5.29. The summed E-state index contributed by atoms with van der Waals surface area (Å²) in [4.78, 5) is 26.8. The predicted octanol–water partition coefficient (Wildman–Crippen LogP) is 1.61. The van der Waals surface area contributed by atoms with Gasteiger partial charge in [-0.25, -0.2) is 0 Å². The Morgan fingerprint density at radius 2 is 2.05 bits per heavy atom. The Balaban J connectivity index is 1.61. The molecule has 118 valence electrons. The molecular weight excluding hydrogens is 268 g/mol. The Morgan fingerprint density at radius 3 is 2.71 bits per heavy atom. The first-order chi connectivity index (χ1) is 10.1. The largest absolute Gasteiger partial charge is 0.378 e. The normalized spacial score (nSPS) is 32.0. The molecule has 0 aromatic heterocycles. The lowest BCUT2D eigenvalue weighted by Crippen LogP contribution is -2.68. The molecule has 0 aromatic rings. The maximum Gasteiger partial charge on any atom is 0.248 e. The summed E-state index contributed by atoms with van der Waals surface area (Å²) in [7, 11) is 0. The summed E-state index contributed by atoms with van der Waals surface area (Å²) in [6.45, 7) is 3.38. The van der Waals surface area contributed by atoms with Crippen LogP contribution < -0.4 is 5.32 Å². The van der Waals surface area contributed by atoms with Crippen LogP contribution in [-0.2, 0) is 14.3 Å². The molecule has 2 atom stereocenters. The standard InChI is InChI=1S/C16H26N2O3/c1-12-14(19)17-16(8-2-3-9-16)15(20)18(12)10-4-6-13-7-5-11-21-13/h12-13H,2-11H2,1H3,(H,17,19). The third kappa shape index (κ3) is 2.80. The van der Waals surface area contributed by atoms with Gasteiger partial charge in [-0.15, -0.1) is 0 Å². The fourth-order valence-electron chi connectivity index (χ4n) is 3.96. The van der Waals surface area contributed by atoms with Gasteiger partial charge in [-0.2, -0.15) is 0 Å². The highest BCUT2D eigenvalue weighted by molar-refractivity contribution is 5.99. The van der Waals surface area contributed by atoms with E-state index >= 15 is 0 Å². The summed E-state index contributed by atoms with van der Waals surface area (Å²) in [6, 6.07) is -0.340. The van der Waals surface area contributed by atoms with Crippen molar-refractivity contribution >= 4 is 11.8 Å². The Morgan fingerprint density at radius 1 is 1.29 bits per heavy atom. The second-order valence-electron chi connectivity index (χ2n) is 6.73. The lowest BCUT2D eigenvalue weighted by molar-refractivity contribution is -0.154. The van der Waals surface area contributed by atoms with Gasteiger partial charge in [-0.05, 0) is 45.4 Å². The number of piperazine rings is 1. The van der Waals surface area contributed by atoms with Crippen molar-refractivity contribution in [2.24, 2.45) is 0 Å². The number of hydrogen-bond donors (Lipinski definition) is 1. The molecule has 1 saturated carbocycles. The number of nitrogens with zero attached hydrogens (tertiary/aromatic N) is 1. The minimum atomic E-state index is -0.590. The second kappa shape index (κ2) is 5.95. The molecule has 1 aliphatic carbocycles. The maximum atomic E-state index is 12.8. The number of hydrogen-bond acceptors (Lipinski definition) is 3. The average molecular weight is 294 g/mol. The van der Waals surface area contributed by atoms with Crippen molar-refractivity contribution in [2.75, 3.05) is 13.2 Å². The highest BCUT2D eigenvalue weighted by Gasteiger charge is 2.50. The Kier molecular flexibility index (Phi) is 4.20. The number of carbonyl (C=O) groups excluding carboxylic acids is 2. The third-order valence-corrected chi connectivity index (χ3v) is 5.29. The van der Waals surface area contributed by atoms with Crippen LogP contribution in [0.15, 0.2) is 0 Å². The van der Waals surface area contributed by atoms with E-state index in [2.05, 4.69) is 5.32 Å². The second-order valence-corrected chi connectivity index (χ2v) is 6.73. The van der Waals surface area contributed by atoms with E-state index in [0.717, 1.165) is 58.0 Å². The Bertz CT molecular complexity index is 412. The van der Waals surface area contributed by atoms with Crippen LogP contribution in [0.3, 0.4) is 0 Å². The van der Waals surface area contributed by atoms with Crippen molar-refractivity contribution in [1.29, 1.82) is 0 Å². The van der Waals surface area contributed by atoms with E-state index in [0.29, 0.717) is 12.6 Å². The molecule has 0 bridgehead atoms. The lowest BCUT2D eigenvalue weighted by atomic mass is 9.91. The van der Waals surface area contributed by atoms with Crippen molar-refractivity contribution in [1.82, 2.24) is 10.2 Å². The van der Waals surface area contributed by atoms with E-state index in [1.54, 1.807) is 4.90 Å². The molecule has 3 rings (SSSR count). The Hall–Kier alpha value is -1.10. The smallest absolute Gasteiger partial charge is 0.248 e. The molecule has 3 aliphatic rings. The molecule has 2 heterocycles. The van der Waals surface area contributed by atoms with Gasteiger partial charge in [0.25, 0.3) is 0 Å². The number of amides is 2. The van der Waals surface area contributed by atoms with E-state index in [1.807, 2.05) is 6.92 Å². The molecular formula is C16H26N2O3. The van der Waals surface area contributed by atoms with Crippen LogP contribution in [0.25, 0.3) is 0 Å². The Labute approximate surface area is 126 Å². The fourth-order valence-corrected chi connectivity index (χ4v) is 3.96. The SMILES string of the molecule is CC1C(=O)NC2(CCCC2)C(=O)N1CCCC1CCCO1. The summed E-state index contributed by atoms with van der Waals surface area (Å²) in [6.07, 6.45) is 8.21. The van der Waals surface area contributed by atoms with Crippen molar-refractivity contribution in [3.63, 3.8) is 0 Å². The van der Waals surface area contributed by atoms with Gasteiger partial charge in [-0.1, -0.05) is 12.8 Å². The maximum absolute atomic E-state index is 12.8. The van der Waals surface area contributed by atoms with Crippen LogP contribution in [0, 0.1) is 0 Å². The summed E-state index contributed by atoms with van der Waals surface area (Å²) < 4.78 is 5.63. The topological polar surface area (TPSA) is 58.6 Å². The minimum absolute atomic E-state index is 0.00798. The highest BCUT2D eigenvalue weighted by atomic mass is 16.5. The molecule has 0 aromatic carbocycles. The molecule has 1 N–H and O–H groups in total. The van der Waals surface area contributed by atoms with Crippen LogP contribution in [0.2, 0.25) is 0 Å². The lowest BCUT2D eigenvalue weighted by Gasteiger charge is -2.43. The molecule has 3 fully saturated rings. The predicted molar refractivity (Wildman–Crippen MR) is 78.7 cm³/mol. The van der Waals surface area contributed by atoms with Crippen molar-refractivity contribution in [3.8, 4) is 0 Å². The van der Waals surface area contributed by atoms with Gasteiger partial charge in [0.15, 0.2) is 0 Å². The van der Waals surface area contributed by atoms with Gasteiger partial charge in [0, 0.05) is 13.2 Å². The summed E-state index contributed by atoms with van der Waals surface area (Å²) in [5.74, 6) is 0.146. The monoisotopic (exact) mass is 294 g/mol. The first-order valence-corrected chi connectivity index (χ1v) is 8.37. The van der Waals surface area contributed by atoms with Gasteiger partial charge >= 0.3 is 0 Å². The molecule has 2 unspecified atom stereocenters. The zero-order valence-corrected chi connectivity index (χ0v) is 12.9. The van der Waals surface area contributed by atoms with Crippen LogP contribution in [0.4, 0.5) is 0 Å². The minimum Gasteiger partial charge on any atom is -0.378 e. The van der Waals surface area contributed by atoms with Crippen LogP contribution in [-0.4, -0.2) is 47.6 Å². The van der Waals surface area contributed by atoms with Gasteiger partial charge < -0.3 is 15.0 Å². The van der Waals surface area contributed by atoms with E-state index < -0.39 is 5.54 Å². The van der Waals surface area contributed by atoms with Gasteiger partial charge in [-0.3, -0.25) is 9.59 Å². The number of nitrogens with one attached hydrogen (secondary N) is 1. The highest BCUT2D eigenvalue weighted by Crippen LogP contribution is 2.34. The molecule has 2 amide bonds. The summed E-state index contributed by atoms with van der Waals surface area (Å²) >= 11 is 0. The van der Waals surface area contributed by atoms with Gasteiger partial charge in [0.2, 0.25) is 11.8 Å². The van der Waals surface area contributed by atoms with Crippen LogP contribution in [0.5, 0.6) is 0 Å². The molecule has 5 heteroatoms. The molecule has 2 aliphatic heterocycles. The van der Waals surface area contributed by atoms with Crippen LogP contribution in [0.1, 0.15) is 58.3 Å². The first kappa shape index (κ1) is 14.8. The van der Waals surface area contributed by atoms with E-state index in [1.165, 1.54) is 0 Å². The van der Waals surface area contributed by atoms with Crippen molar-refractivity contribution in [2.45, 2.75) is 76.0 Å². The quantitative estimate of drug-likeness (QED) is 0.857. The van der Waals surface area contributed by atoms with Crippen molar-refractivity contribution in [3.05, 3.63) is 0 Å². The molecule has 1 spiro atoms. The molecule has 5 nitrogen and oxygen atoms in total. The molecule has 21 heavy (non-hydrogen) atoms. The molecule has 2 saturated heterocycles. The van der Waals surface area contributed by atoms with E-state index in [9.17, 15) is 9.59 Å². The number of rotatable bonds is 4. The van der Waals surface area contributed by atoms with E-state index in [-0.39, 0.29) is 17.9 Å². The average Bonchev–Trinajstić information content (AvgIpc) is 3.13. The summed E-state index contributed by atoms with van der Waals surface area (Å²) in [5, 5.41) is 3.00. The first-order valence-electron chi connectivity index (χ1n) is 8.37. The van der Waals surface area contributed by atoms with Gasteiger partial charge in [0.1, 0.15) is 11.6 Å². The number of ether oxygens (including phenoxy) is 1. The summed E-state index contributed by atoms with van der Waals surface area (Å²) in [5.41, 5.74) is -0.590.